The van der Waals surface area contributed by atoms with Crippen molar-refractivity contribution in [3.05, 3.63) is 95.6 Å². The molecule has 3 aromatic rings. The van der Waals surface area contributed by atoms with Crippen molar-refractivity contribution in [2.75, 3.05) is 11.9 Å². The molecule has 0 spiro atoms. The number of ether oxygens (including phenoxy) is 1. The van der Waals surface area contributed by atoms with Gasteiger partial charge in [-0.3, -0.25) is 9.59 Å². The lowest BCUT2D eigenvalue weighted by atomic mass is 10.1. The standard InChI is InChI=1S/C23H20F2N2O3/c1-15(16-7-3-2-4-8-16)26-23(29)18-9-5-6-10-21(18)27-22(28)14-30-17-11-12-19(24)20(25)13-17/h2-13,15H,14H2,1H3,(H,26,29)(H,27,28)/t15-/m1/s1. The highest BCUT2D eigenvalue weighted by Gasteiger charge is 2.16. The van der Waals surface area contributed by atoms with Gasteiger partial charge in [-0.15, -0.1) is 0 Å². The van der Waals surface area contributed by atoms with Gasteiger partial charge in [0.25, 0.3) is 11.8 Å². The van der Waals surface area contributed by atoms with E-state index in [9.17, 15) is 18.4 Å². The van der Waals surface area contributed by atoms with E-state index in [-0.39, 0.29) is 17.7 Å². The fraction of sp³-hybridized carbons (Fsp3) is 0.130. The average molecular weight is 410 g/mol. The van der Waals surface area contributed by atoms with Gasteiger partial charge in [-0.1, -0.05) is 42.5 Å². The number of carbonyl (C=O) groups is 2. The van der Waals surface area contributed by atoms with Crippen LogP contribution < -0.4 is 15.4 Å². The SMILES string of the molecule is C[C@@H](NC(=O)c1ccccc1NC(=O)COc1ccc(F)c(F)c1)c1ccccc1. The minimum atomic E-state index is -1.07. The summed E-state index contributed by atoms with van der Waals surface area (Å²) in [7, 11) is 0. The number of rotatable bonds is 7. The smallest absolute Gasteiger partial charge is 0.262 e. The quantitative estimate of drug-likeness (QED) is 0.604. The zero-order valence-electron chi connectivity index (χ0n) is 16.2. The molecule has 154 valence electrons. The summed E-state index contributed by atoms with van der Waals surface area (Å²) in [4.78, 5) is 24.9. The van der Waals surface area contributed by atoms with Crippen molar-refractivity contribution in [3.8, 4) is 5.75 Å². The molecule has 30 heavy (non-hydrogen) atoms. The van der Waals surface area contributed by atoms with Gasteiger partial charge in [0.15, 0.2) is 18.2 Å². The molecule has 0 unspecified atom stereocenters. The normalized spacial score (nSPS) is 11.4. The highest BCUT2D eigenvalue weighted by atomic mass is 19.2. The molecule has 2 N–H and O–H groups in total. The summed E-state index contributed by atoms with van der Waals surface area (Å²) in [5.41, 5.74) is 1.56. The second-order valence-electron chi connectivity index (χ2n) is 6.56. The van der Waals surface area contributed by atoms with E-state index in [0.717, 1.165) is 17.7 Å². The number of anilines is 1. The first kappa shape index (κ1) is 21.0. The molecule has 2 amide bonds. The number of para-hydroxylation sites is 1. The molecule has 0 fully saturated rings. The lowest BCUT2D eigenvalue weighted by Crippen LogP contribution is -2.28. The maximum atomic E-state index is 13.2. The summed E-state index contributed by atoms with van der Waals surface area (Å²) in [6.07, 6.45) is 0. The molecule has 7 heteroatoms. The van der Waals surface area contributed by atoms with Crippen LogP contribution in [0.4, 0.5) is 14.5 Å². The summed E-state index contributed by atoms with van der Waals surface area (Å²) in [6.45, 7) is 1.44. The lowest BCUT2D eigenvalue weighted by molar-refractivity contribution is -0.118. The van der Waals surface area contributed by atoms with E-state index >= 15 is 0 Å². The minimum absolute atomic E-state index is 0.0202. The predicted octanol–water partition coefficient (Wildman–Crippen LogP) is 4.47. The summed E-state index contributed by atoms with van der Waals surface area (Å²) < 4.78 is 31.4. The highest BCUT2D eigenvalue weighted by Crippen LogP contribution is 2.19. The molecule has 0 saturated carbocycles. The van der Waals surface area contributed by atoms with Gasteiger partial charge >= 0.3 is 0 Å². The van der Waals surface area contributed by atoms with Crippen LogP contribution in [-0.4, -0.2) is 18.4 Å². The van der Waals surface area contributed by atoms with E-state index in [1.54, 1.807) is 24.3 Å². The Bertz CT molecular complexity index is 1040. The van der Waals surface area contributed by atoms with Crippen LogP contribution in [0.5, 0.6) is 5.75 Å². The Morgan fingerprint density at radius 1 is 0.933 bits per heavy atom. The molecule has 0 saturated heterocycles. The van der Waals surface area contributed by atoms with Crippen molar-refractivity contribution in [2.24, 2.45) is 0 Å². The van der Waals surface area contributed by atoms with Crippen LogP contribution in [0.1, 0.15) is 28.9 Å². The maximum absolute atomic E-state index is 13.2. The van der Waals surface area contributed by atoms with Gasteiger partial charge < -0.3 is 15.4 Å². The lowest BCUT2D eigenvalue weighted by Gasteiger charge is -2.16. The molecule has 5 nitrogen and oxygen atoms in total. The van der Waals surface area contributed by atoms with Crippen molar-refractivity contribution in [1.29, 1.82) is 0 Å². The molecule has 0 radical (unpaired) electrons. The van der Waals surface area contributed by atoms with Crippen LogP contribution >= 0.6 is 0 Å². The Hall–Kier alpha value is -3.74. The van der Waals surface area contributed by atoms with Crippen LogP contribution in [-0.2, 0) is 4.79 Å². The molecule has 0 aromatic heterocycles. The third kappa shape index (κ3) is 5.41. The highest BCUT2D eigenvalue weighted by molar-refractivity contribution is 6.04. The van der Waals surface area contributed by atoms with Gasteiger partial charge in [0.1, 0.15) is 5.75 Å². The van der Waals surface area contributed by atoms with E-state index in [1.165, 1.54) is 6.07 Å². The monoisotopic (exact) mass is 410 g/mol. The van der Waals surface area contributed by atoms with Crippen molar-refractivity contribution < 1.29 is 23.1 Å². The summed E-state index contributed by atoms with van der Waals surface area (Å²) in [5, 5.41) is 5.50. The first-order chi connectivity index (χ1) is 14.4. The second kappa shape index (κ2) is 9.65. The van der Waals surface area contributed by atoms with E-state index in [1.807, 2.05) is 37.3 Å². The van der Waals surface area contributed by atoms with E-state index in [4.69, 9.17) is 4.74 Å². The van der Waals surface area contributed by atoms with Gasteiger partial charge in [-0.25, -0.2) is 8.78 Å². The van der Waals surface area contributed by atoms with E-state index in [2.05, 4.69) is 10.6 Å². The first-order valence-electron chi connectivity index (χ1n) is 9.26. The molecule has 0 aliphatic rings. The third-order valence-corrected chi connectivity index (χ3v) is 4.35. The van der Waals surface area contributed by atoms with Crippen LogP contribution in [0.2, 0.25) is 0 Å². The van der Waals surface area contributed by atoms with Crippen molar-refractivity contribution >= 4 is 17.5 Å². The van der Waals surface area contributed by atoms with E-state index in [0.29, 0.717) is 11.3 Å². The zero-order valence-corrected chi connectivity index (χ0v) is 16.2. The number of halogens is 2. The fourth-order valence-corrected chi connectivity index (χ4v) is 2.79. The topological polar surface area (TPSA) is 67.4 Å². The minimum Gasteiger partial charge on any atom is -0.484 e. The van der Waals surface area contributed by atoms with Crippen molar-refractivity contribution in [1.82, 2.24) is 5.32 Å². The summed E-state index contributed by atoms with van der Waals surface area (Å²) in [6, 6.07) is 18.8. The number of hydrogen-bond acceptors (Lipinski definition) is 3. The van der Waals surface area contributed by atoms with Crippen molar-refractivity contribution in [2.45, 2.75) is 13.0 Å². The van der Waals surface area contributed by atoms with Crippen LogP contribution in [0.15, 0.2) is 72.8 Å². The Morgan fingerprint density at radius 3 is 2.37 bits per heavy atom. The van der Waals surface area contributed by atoms with Gasteiger partial charge in [-0.05, 0) is 36.8 Å². The number of carbonyl (C=O) groups excluding carboxylic acids is 2. The largest absolute Gasteiger partial charge is 0.484 e. The summed E-state index contributed by atoms with van der Waals surface area (Å²) >= 11 is 0. The number of nitrogens with one attached hydrogen (secondary N) is 2. The van der Waals surface area contributed by atoms with Crippen LogP contribution in [0, 0.1) is 11.6 Å². The Kier molecular flexibility index (Phi) is 6.75. The maximum Gasteiger partial charge on any atom is 0.262 e. The third-order valence-electron chi connectivity index (χ3n) is 4.35. The van der Waals surface area contributed by atoms with Gasteiger partial charge in [0, 0.05) is 6.07 Å². The predicted molar refractivity (Wildman–Crippen MR) is 109 cm³/mol. The van der Waals surface area contributed by atoms with Gasteiger partial charge in [0.2, 0.25) is 0 Å². The Balaban J connectivity index is 1.63. The molecular weight excluding hydrogens is 390 g/mol. The summed E-state index contributed by atoms with van der Waals surface area (Å²) in [5.74, 6) is -2.94. The molecule has 3 rings (SSSR count). The molecule has 0 bridgehead atoms. The number of hydrogen-bond donors (Lipinski definition) is 2. The van der Waals surface area contributed by atoms with Gasteiger partial charge in [0.05, 0.1) is 17.3 Å². The number of benzene rings is 3. The average Bonchev–Trinajstić information content (AvgIpc) is 2.75. The first-order valence-corrected chi connectivity index (χ1v) is 9.26. The van der Waals surface area contributed by atoms with E-state index < -0.39 is 24.1 Å². The zero-order chi connectivity index (χ0) is 21.5. The molecule has 1 atom stereocenters. The molecular formula is C23H20F2N2O3. The van der Waals surface area contributed by atoms with Gasteiger partial charge in [-0.2, -0.15) is 0 Å². The van der Waals surface area contributed by atoms with Crippen LogP contribution in [0.3, 0.4) is 0 Å². The van der Waals surface area contributed by atoms with Crippen LogP contribution in [0.25, 0.3) is 0 Å². The second-order valence-corrected chi connectivity index (χ2v) is 6.56. The molecule has 0 heterocycles. The van der Waals surface area contributed by atoms with Crippen molar-refractivity contribution in [3.63, 3.8) is 0 Å². The fourth-order valence-electron chi connectivity index (χ4n) is 2.79. The number of amides is 2. The molecule has 0 aliphatic heterocycles. The Labute approximate surface area is 172 Å². The molecule has 0 aliphatic carbocycles. The molecule has 3 aromatic carbocycles. The Morgan fingerprint density at radius 2 is 1.63 bits per heavy atom.